The highest BCUT2D eigenvalue weighted by molar-refractivity contribution is 9.10. The number of benzene rings is 2. The maximum Gasteiger partial charge on any atom is 0.255 e. The van der Waals surface area contributed by atoms with Gasteiger partial charge in [0, 0.05) is 23.8 Å². The van der Waals surface area contributed by atoms with Gasteiger partial charge in [0.05, 0.1) is 10.6 Å². The van der Waals surface area contributed by atoms with Gasteiger partial charge in [-0.25, -0.2) is 0 Å². The van der Waals surface area contributed by atoms with Crippen LogP contribution in [-0.4, -0.2) is 17.9 Å². The average Bonchev–Trinajstić information content (AvgIpc) is 2.38. The number of nitrogens with two attached hydrogens (primary N) is 1. The number of hydrogen-bond acceptors (Lipinski definition) is 2. The molecule has 104 valence electrons. The Labute approximate surface area is 131 Å². The molecule has 0 fully saturated rings. The van der Waals surface area contributed by atoms with Gasteiger partial charge in [-0.3, -0.25) is 4.79 Å². The van der Waals surface area contributed by atoms with Crippen LogP contribution >= 0.6 is 27.5 Å². The zero-order chi connectivity index (χ0) is 14.7. The van der Waals surface area contributed by atoms with E-state index in [0.717, 1.165) is 10.0 Å². The molecule has 3 nitrogen and oxygen atoms in total. The summed E-state index contributed by atoms with van der Waals surface area (Å²) in [6.07, 6.45) is 0. The normalized spacial score (nSPS) is 10.3. The quantitative estimate of drug-likeness (QED) is 0.849. The minimum Gasteiger partial charge on any atom is -0.399 e. The van der Waals surface area contributed by atoms with Gasteiger partial charge in [0.1, 0.15) is 0 Å². The molecule has 1 amide bonds. The van der Waals surface area contributed by atoms with Crippen LogP contribution in [-0.2, 0) is 6.54 Å². The molecule has 0 aliphatic heterocycles. The van der Waals surface area contributed by atoms with Crippen LogP contribution in [0.4, 0.5) is 5.69 Å². The first-order valence-electron chi connectivity index (χ1n) is 6.02. The van der Waals surface area contributed by atoms with Gasteiger partial charge >= 0.3 is 0 Å². The Kier molecular flexibility index (Phi) is 4.68. The van der Waals surface area contributed by atoms with Crippen molar-refractivity contribution >= 4 is 39.1 Å². The van der Waals surface area contributed by atoms with Crippen LogP contribution in [0, 0.1) is 0 Å². The van der Waals surface area contributed by atoms with E-state index in [1.54, 1.807) is 30.1 Å². The Morgan fingerprint density at radius 1 is 1.30 bits per heavy atom. The molecule has 2 aromatic carbocycles. The Balaban J connectivity index is 2.16. The molecule has 2 aromatic rings. The number of halogens is 2. The number of amides is 1. The van der Waals surface area contributed by atoms with Crippen molar-refractivity contribution in [3.8, 4) is 0 Å². The fraction of sp³-hybridized carbons (Fsp3) is 0.133. The van der Waals surface area contributed by atoms with E-state index in [-0.39, 0.29) is 5.91 Å². The van der Waals surface area contributed by atoms with Crippen molar-refractivity contribution in [2.45, 2.75) is 6.54 Å². The zero-order valence-corrected chi connectivity index (χ0v) is 13.3. The molecule has 0 atom stereocenters. The van der Waals surface area contributed by atoms with E-state index in [0.29, 0.717) is 22.8 Å². The van der Waals surface area contributed by atoms with E-state index in [2.05, 4.69) is 15.9 Å². The molecule has 0 heterocycles. The lowest BCUT2D eigenvalue weighted by Crippen LogP contribution is -2.26. The van der Waals surface area contributed by atoms with Gasteiger partial charge in [0.2, 0.25) is 0 Å². The number of carbonyl (C=O) groups is 1. The van der Waals surface area contributed by atoms with Gasteiger partial charge in [-0.15, -0.1) is 0 Å². The molecule has 0 aliphatic rings. The van der Waals surface area contributed by atoms with Crippen molar-refractivity contribution < 1.29 is 4.79 Å². The second kappa shape index (κ2) is 6.29. The summed E-state index contributed by atoms with van der Waals surface area (Å²) in [5.74, 6) is -0.120. The Morgan fingerprint density at radius 2 is 2.05 bits per heavy atom. The lowest BCUT2D eigenvalue weighted by atomic mass is 10.1. The SMILES string of the molecule is CN(Cc1cccc(N)c1)C(=O)c1ccc(Br)cc1Cl. The molecule has 2 N–H and O–H groups in total. The topological polar surface area (TPSA) is 46.3 Å². The summed E-state index contributed by atoms with van der Waals surface area (Å²) in [6.45, 7) is 0.482. The predicted octanol–water partition coefficient (Wildman–Crippen LogP) is 3.96. The second-order valence-corrected chi connectivity index (χ2v) is 5.85. The van der Waals surface area contributed by atoms with Gasteiger partial charge in [0.25, 0.3) is 5.91 Å². The number of hydrogen-bond donors (Lipinski definition) is 1. The smallest absolute Gasteiger partial charge is 0.255 e. The average molecular weight is 354 g/mol. The van der Waals surface area contributed by atoms with Crippen molar-refractivity contribution in [3.63, 3.8) is 0 Å². The summed E-state index contributed by atoms with van der Waals surface area (Å²) >= 11 is 9.42. The molecule has 0 saturated carbocycles. The van der Waals surface area contributed by atoms with Crippen molar-refractivity contribution in [3.05, 3.63) is 63.1 Å². The van der Waals surface area contributed by atoms with Crippen LogP contribution in [0.2, 0.25) is 5.02 Å². The molecule has 0 aliphatic carbocycles. The van der Waals surface area contributed by atoms with E-state index in [9.17, 15) is 4.79 Å². The summed E-state index contributed by atoms with van der Waals surface area (Å²) < 4.78 is 0.845. The van der Waals surface area contributed by atoms with Crippen LogP contribution in [0.15, 0.2) is 46.9 Å². The summed E-state index contributed by atoms with van der Waals surface area (Å²) in [5, 5.41) is 0.434. The summed E-state index contributed by atoms with van der Waals surface area (Å²) in [5.41, 5.74) is 7.89. The third kappa shape index (κ3) is 3.52. The Morgan fingerprint density at radius 3 is 2.70 bits per heavy atom. The molecule has 5 heteroatoms. The number of rotatable bonds is 3. The van der Waals surface area contributed by atoms with E-state index in [1.165, 1.54) is 0 Å². The largest absolute Gasteiger partial charge is 0.399 e. The van der Waals surface area contributed by atoms with E-state index in [1.807, 2.05) is 24.3 Å². The van der Waals surface area contributed by atoms with E-state index in [4.69, 9.17) is 17.3 Å². The second-order valence-electron chi connectivity index (χ2n) is 4.53. The molecule has 0 radical (unpaired) electrons. The maximum absolute atomic E-state index is 12.4. The molecular weight excluding hydrogens is 340 g/mol. The van der Waals surface area contributed by atoms with E-state index < -0.39 is 0 Å². The minimum absolute atomic E-state index is 0.120. The van der Waals surface area contributed by atoms with Crippen molar-refractivity contribution in [1.82, 2.24) is 4.90 Å². The minimum atomic E-state index is -0.120. The van der Waals surface area contributed by atoms with Gasteiger partial charge in [0.15, 0.2) is 0 Å². The predicted molar refractivity (Wildman–Crippen MR) is 85.8 cm³/mol. The third-order valence-electron chi connectivity index (χ3n) is 2.88. The fourth-order valence-electron chi connectivity index (χ4n) is 1.91. The molecular formula is C15H14BrClN2O. The Bertz CT molecular complexity index is 646. The summed E-state index contributed by atoms with van der Waals surface area (Å²) in [7, 11) is 1.74. The number of nitrogens with zero attached hydrogens (tertiary/aromatic N) is 1. The number of nitrogen functional groups attached to an aromatic ring is 1. The lowest BCUT2D eigenvalue weighted by Gasteiger charge is -2.18. The van der Waals surface area contributed by atoms with Gasteiger partial charge < -0.3 is 10.6 Å². The maximum atomic E-state index is 12.4. The number of anilines is 1. The monoisotopic (exact) mass is 352 g/mol. The first kappa shape index (κ1) is 14.9. The molecule has 0 aromatic heterocycles. The van der Waals surface area contributed by atoms with Crippen molar-refractivity contribution in [1.29, 1.82) is 0 Å². The van der Waals surface area contributed by atoms with Crippen molar-refractivity contribution in [2.24, 2.45) is 0 Å². The standard InChI is InChI=1S/C15H14BrClN2O/c1-19(9-10-3-2-4-12(18)7-10)15(20)13-6-5-11(16)8-14(13)17/h2-8H,9,18H2,1H3. The number of carbonyl (C=O) groups excluding carboxylic acids is 1. The molecule has 2 rings (SSSR count). The Hall–Kier alpha value is -1.52. The first-order chi connectivity index (χ1) is 9.47. The van der Waals surface area contributed by atoms with Crippen LogP contribution in [0.1, 0.15) is 15.9 Å². The fourth-order valence-corrected chi connectivity index (χ4v) is 2.66. The van der Waals surface area contributed by atoms with Gasteiger partial charge in [-0.2, -0.15) is 0 Å². The highest BCUT2D eigenvalue weighted by Crippen LogP contribution is 2.23. The van der Waals surface area contributed by atoms with E-state index >= 15 is 0 Å². The molecule has 0 bridgehead atoms. The van der Waals surface area contributed by atoms with Crippen LogP contribution < -0.4 is 5.73 Å². The first-order valence-corrected chi connectivity index (χ1v) is 7.19. The summed E-state index contributed by atoms with van der Waals surface area (Å²) in [4.78, 5) is 14.0. The van der Waals surface area contributed by atoms with Gasteiger partial charge in [-0.1, -0.05) is 39.7 Å². The van der Waals surface area contributed by atoms with Crippen molar-refractivity contribution in [2.75, 3.05) is 12.8 Å². The van der Waals surface area contributed by atoms with Crippen LogP contribution in [0.5, 0.6) is 0 Å². The van der Waals surface area contributed by atoms with Gasteiger partial charge in [-0.05, 0) is 35.9 Å². The highest BCUT2D eigenvalue weighted by atomic mass is 79.9. The zero-order valence-electron chi connectivity index (χ0n) is 10.9. The summed E-state index contributed by atoms with van der Waals surface area (Å²) in [6, 6.07) is 12.7. The molecule has 0 unspecified atom stereocenters. The highest BCUT2D eigenvalue weighted by Gasteiger charge is 2.15. The van der Waals surface area contributed by atoms with Crippen LogP contribution in [0.3, 0.4) is 0 Å². The van der Waals surface area contributed by atoms with Crippen LogP contribution in [0.25, 0.3) is 0 Å². The lowest BCUT2D eigenvalue weighted by molar-refractivity contribution is 0.0785. The molecule has 0 spiro atoms. The molecule has 0 saturated heterocycles. The third-order valence-corrected chi connectivity index (χ3v) is 3.68. The molecule has 20 heavy (non-hydrogen) atoms.